The number of fused-ring (bicyclic) bond motifs is 2. The Morgan fingerprint density at radius 1 is 1.17 bits per heavy atom. The van der Waals surface area contributed by atoms with Crippen molar-refractivity contribution in [1.29, 1.82) is 0 Å². The van der Waals surface area contributed by atoms with E-state index in [1.54, 1.807) is 0 Å². The van der Waals surface area contributed by atoms with Gasteiger partial charge in [-0.1, -0.05) is 26.0 Å². The van der Waals surface area contributed by atoms with Crippen molar-refractivity contribution in [2.24, 2.45) is 5.41 Å². The van der Waals surface area contributed by atoms with Gasteiger partial charge in [0.05, 0.1) is 11.0 Å². The Morgan fingerprint density at radius 2 is 2.00 bits per heavy atom. The Morgan fingerprint density at radius 3 is 2.83 bits per heavy atom. The molecule has 3 N–H and O–H groups in total. The van der Waals surface area contributed by atoms with Crippen LogP contribution in [0.15, 0.2) is 42.5 Å². The number of para-hydroxylation sites is 2. The van der Waals surface area contributed by atoms with Crippen molar-refractivity contribution >= 4 is 34.3 Å². The van der Waals surface area contributed by atoms with Crippen LogP contribution in [-0.2, 0) is 11.2 Å². The van der Waals surface area contributed by atoms with Crippen LogP contribution in [0.1, 0.15) is 19.4 Å². The first-order valence-corrected chi connectivity index (χ1v) is 7.67. The van der Waals surface area contributed by atoms with Gasteiger partial charge >= 0.3 is 0 Å². The van der Waals surface area contributed by atoms with E-state index < -0.39 is 0 Å². The third kappa shape index (κ3) is 2.44. The van der Waals surface area contributed by atoms with Gasteiger partial charge in [0.15, 0.2) is 0 Å². The number of aromatic amines is 1. The predicted octanol–water partition coefficient (Wildman–Crippen LogP) is 3.83. The monoisotopic (exact) mass is 306 g/mol. The van der Waals surface area contributed by atoms with Crippen LogP contribution in [0.4, 0.5) is 17.3 Å². The third-order valence-electron chi connectivity index (χ3n) is 4.25. The first kappa shape index (κ1) is 13.8. The van der Waals surface area contributed by atoms with E-state index in [0.29, 0.717) is 5.95 Å². The Hall–Kier alpha value is -2.82. The molecule has 4 rings (SSSR count). The molecule has 0 fully saturated rings. The zero-order valence-corrected chi connectivity index (χ0v) is 13.1. The van der Waals surface area contributed by atoms with Crippen LogP contribution in [-0.4, -0.2) is 15.9 Å². The van der Waals surface area contributed by atoms with Gasteiger partial charge in [-0.05, 0) is 42.3 Å². The van der Waals surface area contributed by atoms with Gasteiger partial charge in [0.2, 0.25) is 11.9 Å². The van der Waals surface area contributed by atoms with Crippen LogP contribution < -0.4 is 10.6 Å². The zero-order valence-electron chi connectivity index (χ0n) is 13.1. The van der Waals surface area contributed by atoms with Gasteiger partial charge in [-0.15, -0.1) is 0 Å². The number of benzene rings is 2. The van der Waals surface area contributed by atoms with Crippen molar-refractivity contribution in [2.75, 3.05) is 10.6 Å². The molecule has 2 aromatic carbocycles. The molecule has 0 unspecified atom stereocenters. The second-order valence-corrected chi connectivity index (χ2v) is 6.61. The number of nitrogens with zero attached hydrogens (tertiary/aromatic N) is 1. The van der Waals surface area contributed by atoms with Crippen LogP contribution >= 0.6 is 0 Å². The molecule has 5 heteroatoms. The van der Waals surface area contributed by atoms with Crippen LogP contribution in [0.25, 0.3) is 11.0 Å². The summed E-state index contributed by atoms with van der Waals surface area (Å²) in [6.45, 7) is 3.93. The molecule has 0 spiro atoms. The highest BCUT2D eigenvalue weighted by Gasteiger charge is 2.33. The molecule has 1 aromatic heterocycles. The van der Waals surface area contributed by atoms with E-state index in [1.165, 1.54) is 0 Å². The molecule has 116 valence electrons. The molecule has 5 nitrogen and oxygen atoms in total. The molecule has 0 atom stereocenters. The Bertz CT molecular complexity index is 877. The van der Waals surface area contributed by atoms with Crippen LogP contribution in [0.2, 0.25) is 0 Å². The lowest BCUT2D eigenvalue weighted by Crippen LogP contribution is -2.37. The maximum atomic E-state index is 12.0. The number of imidazole rings is 1. The number of hydrogen-bond acceptors (Lipinski definition) is 3. The first-order valence-electron chi connectivity index (χ1n) is 7.67. The molecule has 1 aliphatic heterocycles. The predicted molar refractivity (Wildman–Crippen MR) is 91.9 cm³/mol. The summed E-state index contributed by atoms with van der Waals surface area (Å²) in [6, 6.07) is 13.9. The highest BCUT2D eigenvalue weighted by atomic mass is 16.2. The van der Waals surface area contributed by atoms with E-state index in [1.807, 2.05) is 50.2 Å². The molecule has 1 aliphatic rings. The number of H-pyrrole nitrogens is 1. The number of carbonyl (C=O) groups is 1. The first-order chi connectivity index (χ1) is 11.0. The standard InChI is InChI=1S/C18H18N4O/c1-18(2)10-11-9-12(7-8-13(11)20-16(18)23)19-17-21-14-5-3-4-6-15(14)22-17/h3-9H,10H2,1-2H3,(H,20,23)(H2,19,21,22). The number of amides is 1. The number of aromatic nitrogens is 2. The number of rotatable bonds is 2. The van der Waals surface area contributed by atoms with E-state index in [2.05, 4.69) is 26.7 Å². The Balaban J connectivity index is 1.64. The number of nitrogens with one attached hydrogen (secondary N) is 3. The molecular formula is C18H18N4O. The van der Waals surface area contributed by atoms with Crippen molar-refractivity contribution in [2.45, 2.75) is 20.3 Å². The fourth-order valence-electron chi connectivity index (χ4n) is 2.94. The highest BCUT2D eigenvalue weighted by molar-refractivity contribution is 5.98. The summed E-state index contributed by atoms with van der Waals surface area (Å²) in [5, 5.41) is 6.28. The van der Waals surface area contributed by atoms with E-state index in [4.69, 9.17) is 0 Å². The van der Waals surface area contributed by atoms with Crippen molar-refractivity contribution in [3.63, 3.8) is 0 Å². The summed E-state index contributed by atoms with van der Waals surface area (Å²) in [4.78, 5) is 19.8. The summed E-state index contributed by atoms with van der Waals surface area (Å²) < 4.78 is 0. The molecule has 0 saturated carbocycles. The minimum Gasteiger partial charge on any atom is -0.326 e. The summed E-state index contributed by atoms with van der Waals surface area (Å²) in [5.41, 5.74) is 4.53. The second kappa shape index (κ2) is 4.84. The average molecular weight is 306 g/mol. The fourth-order valence-corrected chi connectivity index (χ4v) is 2.94. The summed E-state index contributed by atoms with van der Waals surface area (Å²) in [6.07, 6.45) is 0.726. The largest absolute Gasteiger partial charge is 0.326 e. The van der Waals surface area contributed by atoms with Crippen LogP contribution in [0.3, 0.4) is 0 Å². The number of anilines is 3. The molecule has 23 heavy (non-hydrogen) atoms. The molecular weight excluding hydrogens is 288 g/mol. The quantitative estimate of drug-likeness (QED) is 0.674. The minimum absolute atomic E-state index is 0.0722. The Kier molecular flexibility index (Phi) is 2.91. The zero-order chi connectivity index (χ0) is 16.0. The van der Waals surface area contributed by atoms with E-state index >= 15 is 0 Å². The molecule has 1 amide bonds. The fraction of sp³-hybridized carbons (Fsp3) is 0.222. The average Bonchev–Trinajstić information content (AvgIpc) is 2.90. The van der Waals surface area contributed by atoms with Crippen LogP contribution in [0, 0.1) is 5.41 Å². The lowest BCUT2D eigenvalue weighted by atomic mass is 9.81. The van der Waals surface area contributed by atoms with Crippen molar-refractivity contribution < 1.29 is 4.79 Å². The topological polar surface area (TPSA) is 69.8 Å². The SMILES string of the molecule is CC1(C)Cc2cc(Nc3nc4ccccc4[nH]3)ccc2NC1=O. The van der Waals surface area contributed by atoms with Gasteiger partial charge in [-0.25, -0.2) is 4.98 Å². The summed E-state index contributed by atoms with van der Waals surface area (Å²) in [5.74, 6) is 0.785. The van der Waals surface area contributed by atoms with Crippen molar-refractivity contribution in [3.05, 3.63) is 48.0 Å². The molecule has 3 aromatic rings. The molecule has 0 saturated heterocycles. The van der Waals surface area contributed by atoms with Crippen molar-refractivity contribution in [1.82, 2.24) is 9.97 Å². The maximum Gasteiger partial charge on any atom is 0.230 e. The van der Waals surface area contributed by atoms with E-state index in [-0.39, 0.29) is 11.3 Å². The number of hydrogen-bond donors (Lipinski definition) is 3. The Labute approximate surface area is 134 Å². The molecule has 0 bridgehead atoms. The van der Waals surface area contributed by atoms with Crippen LogP contribution in [0.5, 0.6) is 0 Å². The smallest absolute Gasteiger partial charge is 0.230 e. The third-order valence-corrected chi connectivity index (χ3v) is 4.25. The minimum atomic E-state index is -0.384. The second-order valence-electron chi connectivity index (χ2n) is 6.61. The van der Waals surface area contributed by atoms with Crippen molar-refractivity contribution in [3.8, 4) is 0 Å². The molecule has 0 radical (unpaired) electrons. The summed E-state index contributed by atoms with van der Waals surface area (Å²) >= 11 is 0. The van der Waals surface area contributed by atoms with Gasteiger partial charge in [-0.2, -0.15) is 0 Å². The highest BCUT2D eigenvalue weighted by Crippen LogP contribution is 2.35. The van der Waals surface area contributed by atoms with Gasteiger partial charge in [-0.3, -0.25) is 4.79 Å². The lowest BCUT2D eigenvalue weighted by Gasteiger charge is -2.30. The lowest BCUT2D eigenvalue weighted by molar-refractivity contribution is -0.124. The van der Waals surface area contributed by atoms with Gasteiger partial charge < -0.3 is 15.6 Å². The maximum absolute atomic E-state index is 12.0. The molecule has 0 aliphatic carbocycles. The van der Waals surface area contributed by atoms with Gasteiger partial charge in [0, 0.05) is 16.8 Å². The van der Waals surface area contributed by atoms with E-state index in [0.717, 1.165) is 34.4 Å². The normalized spacial score (nSPS) is 16.0. The molecule has 2 heterocycles. The summed E-state index contributed by atoms with van der Waals surface area (Å²) in [7, 11) is 0. The van der Waals surface area contributed by atoms with Gasteiger partial charge in [0.1, 0.15) is 0 Å². The van der Waals surface area contributed by atoms with E-state index in [9.17, 15) is 4.79 Å². The van der Waals surface area contributed by atoms with Gasteiger partial charge in [0.25, 0.3) is 0 Å². The number of carbonyl (C=O) groups excluding carboxylic acids is 1.